The third-order valence-electron chi connectivity index (χ3n) is 3.83. The first-order valence-corrected chi connectivity index (χ1v) is 9.70. The maximum Gasteiger partial charge on any atom is 0.223 e. The number of piperidine rings is 1. The van der Waals surface area contributed by atoms with E-state index in [4.69, 9.17) is 0 Å². The highest BCUT2D eigenvalue weighted by Crippen LogP contribution is 2.23. The van der Waals surface area contributed by atoms with Gasteiger partial charge in [0.25, 0.3) is 0 Å². The average molecular weight is 385 g/mol. The fraction of sp³-hybridized carbons (Fsp3) is 0.429. The molecule has 0 unspecified atom stereocenters. The largest absolute Gasteiger partial charge is 0.351 e. The van der Waals surface area contributed by atoms with Crippen LogP contribution in [0.15, 0.2) is 28.9 Å². The number of fused-ring (bicyclic) bond motifs is 1. The molecular weight excluding hydrogens is 368 g/mol. The van der Waals surface area contributed by atoms with Crippen molar-refractivity contribution in [1.29, 1.82) is 0 Å². The second-order valence-corrected chi connectivity index (χ2v) is 8.28. The van der Waals surface area contributed by atoms with E-state index in [1.165, 1.54) is 10.6 Å². The lowest BCUT2D eigenvalue weighted by atomic mass is 10.1. The molecule has 1 N–H and O–H groups in total. The van der Waals surface area contributed by atoms with Crippen molar-refractivity contribution >= 4 is 42.8 Å². The third kappa shape index (κ3) is 3.39. The summed E-state index contributed by atoms with van der Waals surface area (Å²) < 4.78 is 25.5. The topological polar surface area (TPSA) is 75.2 Å². The van der Waals surface area contributed by atoms with Crippen LogP contribution in [0.25, 0.3) is 10.9 Å². The van der Waals surface area contributed by atoms with Crippen LogP contribution in [0.5, 0.6) is 0 Å². The Kier molecular flexibility index (Phi) is 4.33. The molecule has 22 heavy (non-hydrogen) atoms. The second-order valence-electron chi connectivity index (χ2n) is 5.45. The summed E-state index contributed by atoms with van der Waals surface area (Å²) >= 11 is 3.48. The maximum atomic E-state index is 11.5. The number of anilines is 1. The number of nitrogens with one attached hydrogen (secondary N) is 1. The first kappa shape index (κ1) is 15.6. The van der Waals surface area contributed by atoms with Gasteiger partial charge in [-0.2, -0.15) is 0 Å². The highest BCUT2D eigenvalue weighted by molar-refractivity contribution is 9.10. The van der Waals surface area contributed by atoms with E-state index in [1.54, 1.807) is 6.20 Å². The molecule has 2 aromatic rings. The van der Waals surface area contributed by atoms with Crippen LogP contribution in [0.3, 0.4) is 0 Å². The molecule has 8 heteroatoms. The predicted octanol–water partition coefficient (Wildman–Crippen LogP) is 2.23. The zero-order valence-corrected chi connectivity index (χ0v) is 14.6. The molecule has 3 rings (SSSR count). The number of hydrogen-bond donors (Lipinski definition) is 1. The van der Waals surface area contributed by atoms with Gasteiger partial charge in [-0.15, -0.1) is 0 Å². The van der Waals surface area contributed by atoms with E-state index in [-0.39, 0.29) is 6.04 Å². The van der Waals surface area contributed by atoms with E-state index in [2.05, 4.69) is 31.2 Å². The van der Waals surface area contributed by atoms with E-state index in [9.17, 15) is 8.42 Å². The van der Waals surface area contributed by atoms with Crippen molar-refractivity contribution in [1.82, 2.24) is 14.3 Å². The number of benzene rings is 1. The lowest BCUT2D eigenvalue weighted by Crippen LogP contribution is -2.42. The number of nitrogens with zero attached hydrogens (tertiary/aromatic N) is 3. The predicted molar refractivity (Wildman–Crippen MR) is 90.3 cm³/mol. The molecule has 2 heterocycles. The lowest BCUT2D eigenvalue weighted by Gasteiger charge is -2.30. The molecule has 1 aliphatic rings. The van der Waals surface area contributed by atoms with Crippen LogP contribution in [0, 0.1) is 0 Å². The van der Waals surface area contributed by atoms with Gasteiger partial charge in [0.15, 0.2) is 0 Å². The van der Waals surface area contributed by atoms with E-state index in [0.29, 0.717) is 19.0 Å². The average Bonchev–Trinajstić information content (AvgIpc) is 2.47. The van der Waals surface area contributed by atoms with Crippen molar-refractivity contribution in [2.24, 2.45) is 0 Å². The summed E-state index contributed by atoms with van der Waals surface area (Å²) in [7, 11) is -3.09. The van der Waals surface area contributed by atoms with Gasteiger partial charge >= 0.3 is 0 Å². The maximum absolute atomic E-state index is 11.5. The van der Waals surface area contributed by atoms with E-state index in [1.807, 2.05) is 18.2 Å². The van der Waals surface area contributed by atoms with Crippen LogP contribution in [-0.2, 0) is 10.0 Å². The molecule has 1 aliphatic heterocycles. The Hall–Kier alpha value is -1.25. The van der Waals surface area contributed by atoms with Crippen molar-refractivity contribution in [3.8, 4) is 0 Å². The normalized spacial score (nSPS) is 17.7. The molecule has 0 saturated carbocycles. The van der Waals surface area contributed by atoms with Gasteiger partial charge < -0.3 is 5.32 Å². The Morgan fingerprint density at radius 1 is 1.32 bits per heavy atom. The zero-order valence-electron chi connectivity index (χ0n) is 12.2. The molecule has 0 aliphatic carbocycles. The van der Waals surface area contributed by atoms with Gasteiger partial charge in [-0.05, 0) is 25.0 Å². The Labute approximate surface area is 138 Å². The van der Waals surface area contributed by atoms with Crippen LogP contribution in [0.2, 0.25) is 0 Å². The zero-order chi connectivity index (χ0) is 15.7. The monoisotopic (exact) mass is 384 g/mol. The number of halogens is 1. The highest BCUT2D eigenvalue weighted by Gasteiger charge is 2.25. The Morgan fingerprint density at radius 3 is 2.73 bits per heavy atom. The Bertz CT molecular complexity index is 789. The summed E-state index contributed by atoms with van der Waals surface area (Å²) in [6, 6.07) is 6.04. The first-order valence-electron chi connectivity index (χ1n) is 7.06. The molecular formula is C14H17BrN4O2S. The fourth-order valence-electron chi connectivity index (χ4n) is 2.60. The first-order chi connectivity index (χ1) is 10.4. The molecule has 0 radical (unpaired) electrons. The van der Waals surface area contributed by atoms with Gasteiger partial charge in [0.1, 0.15) is 0 Å². The van der Waals surface area contributed by atoms with Gasteiger partial charge in [0, 0.05) is 35.2 Å². The number of rotatable bonds is 3. The summed E-state index contributed by atoms with van der Waals surface area (Å²) in [5, 5.41) is 4.28. The molecule has 1 saturated heterocycles. The van der Waals surface area contributed by atoms with Gasteiger partial charge in [-0.1, -0.05) is 22.0 Å². The van der Waals surface area contributed by atoms with Gasteiger partial charge in [0.05, 0.1) is 11.8 Å². The Balaban J connectivity index is 1.70. The van der Waals surface area contributed by atoms with Crippen molar-refractivity contribution in [3.63, 3.8) is 0 Å². The SMILES string of the molecule is CS(=O)(=O)N1CCC(Nc2ncc3c(Br)cccc3n2)CC1. The minimum Gasteiger partial charge on any atom is -0.351 e. The second kappa shape index (κ2) is 6.10. The van der Waals surface area contributed by atoms with Crippen molar-refractivity contribution in [3.05, 3.63) is 28.9 Å². The number of sulfonamides is 1. The number of hydrogen-bond acceptors (Lipinski definition) is 5. The molecule has 118 valence electrons. The van der Waals surface area contributed by atoms with E-state index in [0.717, 1.165) is 28.2 Å². The molecule has 0 spiro atoms. The molecule has 1 aromatic carbocycles. The number of aromatic nitrogens is 2. The van der Waals surface area contributed by atoms with Crippen molar-refractivity contribution < 1.29 is 8.42 Å². The molecule has 0 bridgehead atoms. The molecule has 1 aromatic heterocycles. The summed E-state index contributed by atoms with van der Waals surface area (Å²) in [4.78, 5) is 8.86. The quantitative estimate of drug-likeness (QED) is 0.877. The van der Waals surface area contributed by atoms with E-state index >= 15 is 0 Å². The van der Waals surface area contributed by atoms with Crippen LogP contribution in [0.4, 0.5) is 5.95 Å². The summed E-state index contributed by atoms with van der Waals surface area (Å²) in [5.41, 5.74) is 0.875. The summed E-state index contributed by atoms with van der Waals surface area (Å²) in [6.45, 7) is 1.07. The smallest absolute Gasteiger partial charge is 0.223 e. The minimum atomic E-state index is -3.09. The molecule has 1 fully saturated rings. The minimum absolute atomic E-state index is 0.197. The van der Waals surface area contributed by atoms with Gasteiger partial charge in [0.2, 0.25) is 16.0 Å². The molecule has 0 amide bonds. The fourth-order valence-corrected chi connectivity index (χ4v) is 3.94. The summed E-state index contributed by atoms with van der Waals surface area (Å²) in [6.07, 6.45) is 4.56. The van der Waals surface area contributed by atoms with Crippen LogP contribution >= 0.6 is 15.9 Å². The van der Waals surface area contributed by atoms with Crippen LogP contribution in [-0.4, -0.2) is 48.1 Å². The van der Waals surface area contributed by atoms with Crippen LogP contribution < -0.4 is 5.32 Å². The Morgan fingerprint density at radius 2 is 2.05 bits per heavy atom. The highest BCUT2D eigenvalue weighted by atomic mass is 79.9. The van der Waals surface area contributed by atoms with Crippen molar-refractivity contribution in [2.75, 3.05) is 24.7 Å². The molecule has 6 nitrogen and oxygen atoms in total. The van der Waals surface area contributed by atoms with Gasteiger partial charge in [-0.25, -0.2) is 22.7 Å². The van der Waals surface area contributed by atoms with Crippen molar-refractivity contribution in [2.45, 2.75) is 18.9 Å². The third-order valence-corrected chi connectivity index (χ3v) is 5.82. The van der Waals surface area contributed by atoms with E-state index < -0.39 is 10.0 Å². The molecule has 0 atom stereocenters. The van der Waals surface area contributed by atoms with Crippen LogP contribution in [0.1, 0.15) is 12.8 Å². The lowest BCUT2D eigenvalue weighted by molar-refractivity contribution is 0.331. The summed E-state index contributed by atoms with van der Waals surface area (Å²) in [5.74, 6) is 0.586. The standard InChI is InChI=1S/C14H17BrN4O2S/c1-22(20,21)19-7-5-10(6-8-19)17-14-16-9-11-12(15)3-2-4-13(11)18-14/h2-4,9-10H,5-8H2,1H3,(H,16,17,18). The van der Waals surface area contributed by atoms with Gasteiger partial charge in [-0.3, -0.25) is 0 Å².